The first-order valence-electron chi connectivity index (χ1n) is 9.22. The molecule has 0 atom stereocenters. The lowest BCUT2D eigenvalue weighted by Crippen LogP contribution is -2.15. The van der Waals surface area contributed by atoms with Crippen molar-refractivity contribution in [1.82, 2.24) is 0 Å². The number of carbonyl (C=O) groups is 2. The highest BCUT2D eigenvalue weighted by atomic mass is 16.5. The maximum Gasteiger partial charge on any atom is 0.338 e. The fraction of sp³-hybridized carbons (Fsp3) is 0.167. The summed E-state index contributed by atoms with van der Waals surface area (Å²) in [5.74, 6) is -0.701. The highest BCUT2D eigenvalue weighted by Crippen LogP contribution is 2.36. The molecule has 3 aromatic rings. The Morgan fingerprint density at radius 2 is 1.64 bits per heavy atom. The summed E-state index contributed by atoms with van der Waals surface area (Å²) in [7, 11) is 3.81. The van der Waals surface area contributed by atoms with Crippen LogP contribution in [0.25, 0.3) is 11.1 Å². The third kappa shape index (κ3) is 3.41. The Hall–Kier alpha value is -3.40. The quantitative estimate of drug-likeness (QED) is 0.386. The second kappa shape index (κ2) is 7.31. The molecule has 0 unspecified atom stereocenters. The monoisotopic (exact) mass is 371 g/mol. The molecule has 0 heterocycles. The topological polar surface area (TPSA) is 46.6 Å². The van der Waals surface area contributed by atoms with Crippen LogP contribution in [0.2, 0.25) is 0 Å². The van der Waals surface area contributed by atoms with E-state index in [4.69, 9.17) is 4.74 Å². The van der Waals surface area contributed by atoms with Crippen molar-refractivity contribution >= 4 is 17.4 Å². The number of hydrogen-bond donors (Lipinski definition) is 0. The van der Waals surface area contributed by atoms with Gasteiger partial charge in [0.15, 0.2) is 12.4 Å². The summed E-state index contributed by atoms with van der Waals surface area (Å²) in [5.41, 5.74) is 6.64. The minimum absolute atomic E-state index is 0.204. The predicted octanol–water partition coefficient (Wildman–Crippen LogP) is 4.36. The lowest BCUT2D eigenvalue weighted by Gasteiger charge is -2.13. The maximum absolute atomic E-state index is 12.6. The van der Waals surface area contributed by atoms with Gasteiger partial charge in [-0.2, -0.15) is 0 Å². The van der Waals surface area contributed by atoms with Crippen LogP contribution in [0.5, 0.6) is 0 Å². The summed E-state index contributed by atoms with van der Waals surface area (Å²) < 4.78 is 5.26. The van der Waals surface area contributed by atoms with Gasteiger partial charge >= 0.3 is 5.97 Å². The Labute approximate surface area is 164 Å². The van der Waals surface area contributed by atoms with E-state index in [2.05, 4.69) is 12.1 Å². The molecule has 1 aliphatic rings. The van der Waals surface area contributed by atoms with Gasteiger partial charge in [-0.05, 0) is 52.9 Å². The molecule has 0 saturated carbocycles. The largest absolute Gasteiger partial charge is 0.454 e. The zero-order chi connectivity index (χ0) is 19.7. The standard InChI is InChI=1S/C24H21NO3/c1-25(2)20-8-5-7-19(13-20)24(27)28-15-23(26)18-11-10-17-12-16-6-3-4-9-21(16)22(17)14-18/h3-11,13-14H,12,15H2,1-2H3. The van der Waals surface area contributed by atoms with Crippen LogP contribution in [0.15, 0.2) is 66.7 Å². The number of carbonyl (C=O) groups excluding carboxylic acids is 2. The number of rotatable bonds is 5. The third-order valence-electron chi connectivity index (χ3n) is 5.05. The number of fused-ring (bicyclic) bond motifs is 3. The molecule has 1 aliphatic carbocycles. The molecule has 0 fully saturated rings. The summed E-state index contributed by atoms with van der Waals surface area (Å²) in [5, 5.41) is 0. The smallest absolute Gasteiger partial charge is 0.338 e. The molecule has 140 valence electrons. The highest BCUT2D eigenvalue weighted by molar-refractivity contribution is 6.01. The molecule has 0 spiro atoms. The lowest BCUT2D eigenvalue weighted by atomic mass is 10.0. The number of nitrogens with zero attached hydrogens (tertiary/aromatic N) is 1. The summed E-state index contributed by atoms with van der Waals surface area (Å²) in [6.07, 6.45) is 0.886. The first kappa shape index (κ1) is 18.0. The van der Waals surface area contributed by atoms with Crippen molar-refractivity contribution in [2.75, 3.05) is 25.6 Å². The Morgan fingerprint density at radius 3 is 2.46 bits per heavy atom. The molecule has 0 N–H and O–H groups in total. The van der Waals surface area contributed by atoms with Gasteiger partial charge in [-0.3, -0.25) is 4.79 Å². The van der Waals surface area contributed by atoms with Gasteiger partial charge in [0.05, 0.1) is 5.56 Å². The fourth-order valence-corrected chi connectivity index (χ4v) is 3.51. The molecule has 4 heteroatoms. The Morgan fingerprint density at radius 1 is 0.857 bits per heavy atom. The van der Waals surface area contributed by atoms with Crippen LogP contribution >= 0.6 is 0 Å². The lowest BCUT2D eigenvalue weighted by molar-refractivity contribution is 0.0475. The molecular formula is C24H21NO3. The molecule has 0 radical (unpaired) electrons. The molecule has 0 aliphatic heterocycles. The molecule has 4 rings (SSSR count). The maximum atomic E-state index is 12.6. The molecule has 28 heavy (non-hydrogen) atoms. The summed E-state index contributed by atoms with van der Waals surface area (Å²) in [6, 6.07) is 21.1. The van der Waals surface area contributed by atoms with Crippen molar-refractivity contribution in [3.8, 4) is 11.1 Å². The minimum atomic E-state index is -0.497. The number of Topliss-reactive ketones (excluding diaryl/α,β-unsaturated/α-hetero) is 1. The van der Waals surface area contributed by atoms with Gasteiger partial charge in [0, 0.05) is 25.3 Å². The first-order valence-corrected chi connectivity index (χ1v) is 9.22. The van der Waals surface area contributed by atoms with Crippen molar-refractivity contribution in [3.63, 3.8) is 0 Å². The van der Waals surface area contributed by atoms with Gasteiger partial charge < -0.3 is 9.64 Å². The molecule has 4 nitrogen and oxygen atoms in total. The van der Waals surface area contributed by atoms with Crippen molar-refractivity contribution in [2.24, 2.45) is 0 Å². The average molecular weight is 371 g/mol. The number of anilines is 1. The summed E-state index contributed by atoms with van der Waals surface area (Å²) in [4.78, 5) is 26.8. The number of hydrogen-bond acceptors (Lipinski definition) is 4. The summed E-state index contributed by atoms with van der Waals surface area (Å²) in [6.45, 7) is -0.272. The van der Waals surface area contributed by atoms with Gasteiger partial charge in [-0.15, -0.1) is 0 Å². The van der Waals surface area contributed by atoms with E-state index < -0.39 is 5.97 Å². The molecule has 0 bridgehead atoms. The van der Waals surface area contributed by atoms with E-state index in [-0.39, 0.29) is 12.4 Å². The predicted molar refractivity (Wildman–Crippen MR) is 110 cm³/mol. The highest BCUT2D eigenvalue weighted by Gasteiger charge is 2.20. The van der Waals surface area contributed by atoms with Crippen LogP contribution in [0.1, 0.15) is 31.8 Å². The van der Waals surface area contributed by atoms with E-state index >= 15 is 0 Å². The van der Waals surface area contributed by atoms with E-state index in [1.807, 2.05) is 55.4 Å². The summed E-state index contributed by atoms with van der Waals surface area (Å²) >= 11 is 0. The molecule has 0 amide bonds. The fourth-order valence-electron chi connectivity index (χ4n) is 3.51. The van der Waals surface area contributed by atoms with E-state index in [9.17, 15) is 9.59 Å². The average Bonchev–Trinajstić information content (AvgIpc) is 3.09. The van der Waals surface area contributed by atoms with Gasteiger partial charge in [0.2, 0.25) is 0 Å². The number of ether oxygens (including phenoxy) is 1. The van der Waals surface area contributed by atoms with Crippen LogP contribution in [0, 0.1) is 0 Å². The second-order valence-corrected chi connectivity index (χ2v) is 7.15. The van der Waals surface area contributed by atoms with Gasteiger partial charge in [-0.25, -0.2) is 4.79 Å². The zero-order valence-corrected chi connectivity index (χ0v) is 15.9. The van der Waals surface area contributed by atoms with Crippen LogP contribution < -0.4 is 4.90 Å². The van der Waals surface area contributed by atoms with Crippen molar-refractivity contribution in [3.05, 3.63) is 89.0 Å². The number of esters is 1. The zero-order valence-electron chi connectivity index (χ0n) is 15.9. The molecule has 3 aromatic carbocycles. The number of ketones is 1. The van der Waals surface area contributed by atoms with Gasteiger partial charge in [-0.1, -0.05) is 42.5 Å². The molecule has 0 aromatic heterocycles. The van der Waals surface area contributed by atoms with Gasteiger partial charge in [0.1, 0.15) is 0 Å². The van der Waals surface area contributed by atoms with E-state index in [0.717, 1.165) is 17.7 Å². The number of benzene rings is 3. The van der Waals surface area contributed by atoms with Gasteiger partial charge in [0.25, 0.3) is 0 Å². The second-order valence-electron chi connectivity index (χ2n) is 7.15. The Bertz CT molecular complexity index is 1070. The molecular weight excluding hydrogens is 350 g/mol. The Kier molecular flexibility index (Phi) is 4.70. The minimum Gasteiger partial charge on any atom is -0.454 e. The normalized spacial score (nSPS) is 11.5. The van der Waals surface area contributed by atoms with Crippen molar-refractivity contribution in [1.29, 1.82) is 0 Å². The van der Waals surface area contributed by atoms with E-state index in [1.165, 1.54) is 16.7 Å². The van der Waals surface area contributed by atoms with Crippen LogP contribution in [-0.2, 0) is 11.2 Å². The first-order chi connectivity index (χ1) is 13.5. The van der Waals surface area contributed by atoms with Crippen LogP contribution in [0.4, 0.5) is 5.69 Å². The third-order valence-corrected chi connectivity index (χ3v) is 5.05. The Balaban J connectivity index is 1.47. The van der Waals surface area contributed by atoms with Crippen molar-refractivity contribution < 1.29 is 14.3 Å². The van der Waals surface area contributed by atoms with Crippen LogP contribution in [0.3, 0.4) is 0 Å². The SMILES string of the molecule is CN(C)c1cccc(C(=O)OCC(=O)c2ccc3c(c2)-c2ccccc2C3)c1. The van der Waals surface area contributed by atoms with Crippen LogP contribution in [-0.4, -0.2) is 32.5 Å². The van der Waals surface area contributed by atoms with E-state index in [0.29, 0.717) is 11.1 Å². The molecule has 0 saturated heterocycles. The van der Waals surface area contributed by atoms with Crippen molar-refractivity contribution in [2.45, 2.75) is 6.42 Å². The van der Waals surface area contributed by atoms with E-state index in [1.54, 1.807) is 18.2 Å².